The highest BCUT2D eigenvalue weighted by Gasteiger charge is 2.02. The molecule has 3 nitrogen and oxygen atoms in total. The summed E-state index contributed by atoms with van der Waals surface area (Å²) in [4.78, 5) is 0.730. The van der Waals surface area contributed by atoms with Crippen LogP contribution in [0.5, 0.6) is 0 Å². The number of rotatable bonds is 4. The lowest BCUT2D eigenvalue weighted by molar-refractivity contribution is 0.296. The molecule has 0 radical (unpaired) electrons. The van der Waals surface area contributed by atoms with Gasteiger partial charge < -0.3 is 10.8 Å². The lowest BCUT2D eigenvalue weighted by Gasteiger charge is -2.01. The van der Waals surface area contributed by atoms with E-state index in [4.69, 9.17) is 10.8 Å². The van der Waals surface area contributed by atoms with Crippen molar-refractivity contribution in [3.8, 4) is 0 Å². The van der Waals surface area contributed by atoms with E-state index in [0.717, 1.165) is 4.90 Å². The number of nitrogens with two attached hydrogens (primary N) is 1. The third-order valence-electron chi connectivity index (χ3n) is 1.61. The van der Waals surface area contributed by atoms with E-state index in [1.54, 1.807) is 24.3 Å². The molecule has 13 heavy (non-hydrogen) atoms. The van der Waals surface area contributed by atoms with Gasteiger partial charge in [-0.15, -0.1) is 0 Å². The maximum absolute atomic E-state index is 11.5. The van der Waals surface area contributed by atoms with Crippen LogP contribution in [0.2, 0.25) is 0 Å². The predicted octanol–water partition coefficient (Wildman–Crippen LogP) is 0.759. The topological polar surface area (TPSA) is 63.3 Å². The molecule has 1 unspecified atom stereocenters. The largest absolute Gasteiger partial charge is 0.399 e. The van der Waals surface area contributed by atoms with Crippen LogP contribution < -0.4 is 5.73 Å². The zero-order valence-corrected chi connectivity index (χ0v) is 8.09. The van der Waals surface area contributed by atoms with Gasteiger partial charge >= 0.3 is 0 Å². The molecule has 72 valence electrons. The van der Waals surface area contributed by atoms with Gasteiger partial charge in [-0.2, -0.15) is 0 Å². The molecule has 1 aromatic carbocycles. The summed E-state index contributed by atoms with van der Waals surface area (Å²) in [5.41, 5.74) is 6.16. The number of hydrogen-bond donors (Lipinski definition) is 2. The van der Waals surface area contributed by atoms with Gasteiger partial charge in [-0.3, -0.25) is 4.21 Å². The van der Waals surface area contributed by atoms with Gasteiger partial charge in [0.25, 0.3) is 0 Å². The molecule has 0 saturated carbocycles. The standard InChI is InChI=1S/C9H13NO2S/c10-8-3-1-4-9(7-8)13(12)6-2-5-11/h1,3-4,7,11H,2,5-6,10H2. The van der Waals surface area contributed by atoms with Crippen molar-refractivity contribution in [3.05, 3.63) is 24.3 Å². The summed E-state index contributed by atoms with van der Waals surface area (Å²) >= 11 is 0. The molecule has 0 bridgehead atoms. The molecule has 0 aromatic heterocycles. The van der Waals surface area contributed by atoms with E-state index in [1.165, 1.54) is 0 Å². The van der Waals surface area contributed by atoms with Crippen molar-refractivity contribution in [2.75, 3.05) is 18.1 Å². The van der Waals surface area contributed by atoms with Gasteiger partial charge in [0.15, 0.2) is 0 Å². The van der Waals surface area contributed by atoms with Crippen LogP contribution in [0.4, 0.5) is 5.69 Å². The minimum absolute atomic E-state index is 0.0774. The average Bonchev–Trinajstić information content (AvgIpc) is 2.14. The molecule has 1 aromatic rings. The van der Waals surface area contributed by atoms with Crippen molar-refractivity contribution in [2.24, 2.45) is 0 Å². The predicted molar refractivity (Wildman–Crippen MR) is 53.8 cm³/mol. The Kier molecular flexibility index (Phi) is 3.92. The third-order valence-corrected chi connectivity index (χ3v) is 3.05. The van der Waals surface area contributed by atoms with E-state index < -0.39 is 10.8 Å². The molecule has 0 aliphatic rings. The molecule has 0 heterocycles. The monoisotopic (exact) mass is 199 g/mol. The average molecular weight is 199 g/mol. The van der Waals surface area contributed by atoms with E-state index in [0.29, 0.717) is 17.9 Å². The van der Waals surface area contributed by atoms with E-state index in [-0.39, 0.29) is 6.61 Å². The van der Waals surface area contributed by atoms with Crippen LogP contribution in [0.1, 0.15) is 6.42 Å². The van der Waals surface area contributed by atoms with E-state index in [1.807, 2.05) is 0 Å². The summed E-state index contributed by atoms with van der Waals surface area (Å²) < 4.78 is 11.5. The fourth-order valence-electron chi connectivity index (χ4n) is 0.970. The minimum Gasteiger partial charge on any atom is -0.399 e. The molecule has 0 amide bonds. The summed E-state index contributed by atoms with van der Waals surface area (Å²) in [6, 6.07) is 7.02. The van der Waals surface area contributed by atoms with Crippen molar-refractivity contribution >= 4 is 16.5 Å². The number of hydrogen-bond acceptors (Lipinski definition) is 3. The minimum atomic E-state index is -1.03. The quantitative estimate of drug-likeness (QED) is 0.704. The molecule has 0 spiro atoms. The first kappa shape index (κ1) is 10.2. The van der Waals surface area contributed by atoms with E-state index >= 15 is 0 Å². The summed E-state index contributed by atoms with van der Waals surface area (Å²) in [6.07, 6.45) is 0.557. The van der Waals surface area contributed by atoms with Gasteiger partial charge in [0.2, 0.25) is 0 Å². The molecule has 4 heteroatoms. The Labute approximate surface area is 80.0 Å². The van der Waals surface area contributed by atoms with Crippen molar-refractivity contribution in [1.82, 2.24) is 0 Å². The van der Waals surface area contributed by atoms with Crippen LogP contribution in [0.15, 0.2) is 29.2 Å². The first-order valence-corrected chi connectivity index (χ1v) is 5.40. The summed E-state index contributed by atoms with van der Waals surface area (Å²) in [7, 11) is -1.03. The van der Waals surface area contributed by atoms with Crippen LogP contribution in [0.3, 0.4) is 0 Å². The first-order chi connectivity index (χ1) is 6.24. The Morgan fingerprint density at radius 1 is 1.46 bits per heavy atom. The maximum atomic E-state index is 11.5. The van der Waals surface area contributed by atoms with Crippen LogP contribution >= 0.6 is 0 Å². The van der Waals surface area contributed by atoms with Crippen molar-refractivity contribution in [2.45, 2.75) is 11.3 Å². The molecule has 3 N–H and O–H groups in total. The lowest BCUT2D eigenvalue weighted by Crippen LogP contribution is -2.00. The fourth-order valence-corrected chi connectivity index (χ4v) is 2.09. The Balaban J connectivity index is 2.66. The van der Waals surface area contributed by atoms with Crippen molar-refractivity contribution < 1.29 is 9.32 Å². The zero-order valence-electron chi connectivity index (χ0n) is 7.27. The lowest BCUT2D eigenvalue weighted by atomic mass is 10.3. The Morgan fingerprint density at radius 2 is 2.23 bits per heavy atom. The highest BCUT2D eigenvalue weighted by molar-refractivity contribution is 7.85. The Hall–Kier alpha value is -0.870. The van der Waals surface area contributed by atoms with Gasteiger partial charge in [-0.25, -0.2) is 0 Å². The summed E-state index contributed by atoms with van der Waals surface area (Å²) in [5.74, 6) is 0.486. The van der Waals surface area contributed by atoms with Crippen LogP contribution in [0.25, 0.3) is 0 Å². The number of nitrogen functional groups attached to an aromatic ring is 1. The SMILES string of the molecule is Nc1cccc(S(=O)CCCO)c1. The first-order valence-electron chi connectivity index (χ1n) is 4.09. The molecule has 0 saturated heterocycles. The van der Waals surface area contributed by atoms with Gasteiger partial charge in [-0.1, -0.05) is 6.07 Å². The second-order valence-corrected chi connectivity index (χ2v) is 4.27. The van der Waals surface area contributed by atoms with Gasteiger partial charge in [0.05, 0.1) is 10.8 Å². The molecule has 1 rings (SSSR count). The fraction of sp³-hybridized carbons (Fsp3) is 0.333. The molecule has 0 fully saturated rings. The highest BCUT2D eigenvalue weighted by atomic mass is 32.2. The normalized spacial score (nSPS) is 12.7. The number of aliphatic hydroxyl groups is 1. The molecule has 1 atom stereocenters. The smallest absolute Gasteiger partial charge is 0.0531 e. The molecular weight excluding hydrogens is 186 g/mol. The zero-order chi connectivity index (χ0) is 9.68. The number of anilines is 1. The van der Waals surface area contributed by atoms with Crippen LogP contribution in [-0.2, 0) is 10.8 Å². The Bertz CT molecular complexity index is 301. The van der Waals surface area contributed by atoms with E-state index in [9.17, 15) is 4.21 Å². The van der Waals surface area contributed by atoms with Gasteiger partial charge in [0.1, 0.15) is 0 Å². The van der Waals surface area contributed by atoms with E-state index in [2.05, 4.69) is 0 Å². The molecule has 0 aliphatic carbocycles. The van der Waals surface area contributed by atoms with Crippen molar-refractivity contribution in [3.63, 3.8) is 0 Å². The van der Waals surface area contributed by atoms with Crippen molar-refractivity contribution in [1.29, 1.82) is 0 Å². The molecular formula is C9H13NO2S. The highest BCUT2D eigenvalue weighted by Crippen LogP contribution is 2.11. The van der Waals surface area contributed by atoms with Gasteiger partial charge in [-0.05, 0) is 24.6 Å². The number of benzene rings is 1. The second-order valence-electron chi connectivity index (χ2n) is 2.70. The summed E-state index contributed by atoms with van der Waals surface area (Å²) in [6.45, 7) is 0.0774. The van der Waals surface area contributed by atoms with Crippen LogP contribution in [0, 0.1) is 0 Å². The third kappa shape index (κ3) is 3.16. The number of aliphatic hydroxyl groups excluding tert-OH is 1. The molecule has 0 aliphatic heterocycles. The maximum Gasteiger partial charge on any atom is 0.0531 e. The second kappa shape index (κ2) is 4.99. The summed E-state index contributed by atoms with van der Waals surface area (Å²) in [5, 5.41) is 8.56. The van der Waals surface area contributed by atoms with Gasteiger partial charge in [0, 0.05) is 22.9 Å². The Morgan fingerprint density at radius 3 is 2.85 bits per heavy atom. The van der Waals surface area contributed by atoms with Crippen LogP contribution in [-0.4, -0.2) is 21.7 Å².